The Morgan fingerprint density at radius 3 is 2.44 bits per heavy atom. The number of Topliss-reactive ketones (excluding diaryl/α,β-unsaturated/α-hetero) is 1. The predicted octanol–water partition coefficient (Wildman–Crippen LogP) is 5.45. The van der Waals surface area contributed by atoms with Crippen molar-refractivity contribution in [2.45, 2.75) is 30.8 Å². The molecule has 4 rings (SSSR count). The summed E-state index contributed by atoms with van der Waals surface area (Å²) in [6.07, 6.45) is 0. The number of aromatic nitrogens is 3. The second-order valence-corrected chi connectivity index (χ2v) is 9.08. The maximum Gasteiger partial charge on any atom is 0.237 e. The first-order valence-electron chi connectivity index (χ1n) is 10.7. The topological polar surface area (TPSA) is 76.9 Å². The molecule has 1 unspecified atom stereocenters. The molecule has 0 aliphatic carbocycles. The zero-order chi connectivity index (χ0) is 24.1. The fourth-order valence-corrected chi connectivity index (χ4v) is 4.22. The molecule has 0 aliphatic rings. The van der Waals surface area contributed by atoms with Crippen molar-refractivity contribution >= 4 is 29.1 Å². The van der Waals surface area contributed by atoms with Gasteiger partial charge in [-0.3, -0.25) is 14.2 Å². The molecule has 3 aromatic carbocycles. The van der Waals surface area contributed by atoms with E-state index in [2.05, 4.69) is 15.5 Å². The molecule has 0 spiro atoms. The fraction of sp³-hybridized carbons (Fsp3) is 0.154. The van der Waals surface area contributed by atoms with Crippen molar-refractivity contribution in [2.24, 2.45) is 0 Å². The highest BCUT2D eigenvalue weighted by Crippen LogP contribution is 2.28. The molecule has 1 aromatic heterocycles. The van der Waals surface area contributed by atoms with Crippen LogP contribution < -0.4 is 5.32 Å². The maximum absolute atomic E-state index is 13.5. The zero-order valence-corrected chi connectivity index (χ0v) is 19.6. The van der Waals surface area contributed by atoms with Crippen LogP contribution in [-0.4, -0.2) is 31.7 Å². The summed E-state index contributed by atoms with van der Waals surface area (Å²) in [6.45, 7) is 3.77. The van der Waals surface area contributed by atoms with E-state index in [9.17, 15) is 14.0 Å². The van der Waals surface area contributed by atoms with Gasteiger partial charge in [-0.2, -0.15) is 0 Å². The number of rotatable bonds is 8. The first kappa shape index (κ1) is 23.4. The molecular formula is C26H23FN4O2S. The quantitative estimate of drug-likeness (QED) is 0.271. The van der Waals surface area contributed by atoms with Gasteiger partial charge in [0.2, 0.25) is 5.91 Å². The zero-order valence-electron chi connectivity index (χ0n) is 18.7. The molecule has 0 aliphatic heterocycles. The van der Waals surface area contributed by atoms with E-state index in [4.69, 9.17) is 0 Å². The Bertz CT molecular complexity index is 1310. The molecule has 34 heavy (non-hydrogen) atoms. The van der Waals surface area contributed by atoms with E-state index in [0.717, 1.165) is 11.1 Å². The number of amides is 1. The molecule has 0 saturated heterocycles. The average Bonchev–Trinajstić information content (AvgIpc) is 3.22. The van der Waals surface area contributed by atoms with Gasteiger partial charge in [-0.1, -0.05) is 54.2 Å². The van der Waals surface area contributed by atoms with E-state index in [0.29, 0.717) is 28.8 Å². The molecule has 1 N–H and O–H groups in total. The van der Waals surface area contributed by atoms with E-state index < -0.39 is 5.25 Å². The number of carbonyl (C=O) groups excluding carboxylic acids is 2. The molecule has 1 atom stereocenters. The average molecular weight is 475 g/mol. The second-order valence-electron chi connectivity index (χ2n) is 7.77. The molecule has 0 bridgehead atoms. The molecule has 6 nitrogen and oxygen atoms in total. The molecule has 0 saturated carbocycles. The highest BCUT2D eigenvalue weighted by atomic mass is 32.2. The van der Waals surface area contributed by atoms with Crippen molar-refractivity contribution in [1.82, 2.24) is 14.8 Å². The van der Waals surface area contributed by atoms with Crippen molar-refractivity contribution in [3.8, 4) is 11.4 Å². The summed E-state index contributed by atoms with van der Waals surface area (Å²) in [5.74, 6) is -0.0242. The number of halogens is 1. The van der Waals surface area contributed by atoms with Gasteiger partial charge in [0.15, 0.2) is 16.8 Å². The Hall–Kier alpha value is -3.78. The van der Waals surface area contributed by atoms with E-state index in [1.807, 2.05) is 34.9 Å². The van der Waals surface area contributed by atoms with Crippen LogP contribution >= 0.6 is 11.8 Å². The number of hydrogen-bond donors (Lipinski definition) is 1. The summed E-state index contributed by atoms with van der Waals surface area (Å²) >= 11 is 1.28. The van der Waals surface area contributed by atoms with E-state index in [1.54, 1.807) is 43.3 Å². The Balaban J connectivity index is 1.58. The van der Waals surface area contributed by atoms with Crippen LogP contribution in [0.5, 0.6) is 0 Å². The fourth-order valence-electron chi connectivity index (χ4n) is 3.37. The first-order chi connectivity index (χ1) is 16.4. The third kappa shape index (κ3) is 5.58. The Labute approximate surface area is 201 Å². The highest BCUT2D eigenvalue weighted by Gasteiger charge is 2.21. The van der Waals surface area contributed by atoms with Crippen LogP contribution in [0.15, 0.2) is 84.0 Å². The van der Waals surface area contributed by atoms with E-state index in [-0.39, 0.29) is 17.5 Å². The first-order valence-corrected chi connectivity index (χ1v) is 11.6. The predicted molar refractivity (Wildman–Crippen MR) is 131 cm³/mol. The van der Waals surface area contributed by atoms with Gasteiger partial charge < -0.3 is 5.32 Å². The standard InChI is InChI=1S/C26H23FN4O2S/c1-17(32)21-9-6-10-23(15-21)28-25(33)18(2)34-26-30-29-24(20-11-13-22(27)14-12-20)31(26)16-19-7-4-3-5-8-19/h3-15,18H,16H2,1-2H3,(H,28,33). The largest absolute Gasteiger partial charge is 0.325 e. The van der Waals surface area contributed by atoms with Crippen molar-refractivity contribution in [3.63, 3.8) is 0 Å². The SMILES string of the molecule is CC(=O)c1cccc(NC(=O)C(C)Sc2nnc(-c3ccc(F)cc3)n2Cc2ccccc2)c1. The van der Waals surface area contributed by atoms with Gasteiger partial charge in [-0.05, 0) is 55.8 Å². The molecule has 4 aromatic rings. The van der Waals surface area contributed by atoms with Crippen LogP contribution in [-0.2, 0) is 11.3 Å². The van der Waals surface area contributed by atoms with Crippen molar-refractivity contribution in [3.05, 3.63) is 95.8 Å². The summed E-state index contributed by atoms with van der Waals surface area (Å²) < 4.78 is 15.4. The third-order valence-electron chi connectivity index (χ3n) is 5.19. The monoisotopic (exact) mass is 474 g/mol. The molecule has 8 heteroatoms. The van der Waals surface area contributed by atoms with Crippen LogP contribution in [0.2, 0.25) is 0 Å². The van der Waals surface area contributed by atoms with Crippen LogP contribution in [0.25, 0.3) is 11.4 Å². The molecular weight excluding hydrogens is 451 g/mol. The summed E-state index contributed by atoms with van der Waals surface area (Å²) in [7, 11) is 0. The highest BCUT2D eigenvalue weighted by molar-refractivity contribution is 8.00. The van der Waals surface area contributed by atoms with Crippen LogP contribution in [0.3, 0.4) is 0 Å². The number of hydrogen-bond acceptors (Lipinski definition) is 5. The minimum Gasteiger partial charge on any atom is -0.325 e. The number of nitrogens with zero attached hydrogens (tertiary/aromatic N) is 3. The van der Waals surface area contributed by atoms with Crippen molar-refractivity contribution in [1.29, 1.82) is 0 Å². The minimum atomic E-state index is -0.485. The maximum atomic E-state index is 13.5. The number of nitrogens with one attached hydrogen (secondary N) is 1. The molecule has 0 radical (unpaired) electrons. The lowest BCUT2D eigenvalue weighted by Gasteiger charge is -2.14. The molecule has 172 valence electrons. The number of carbonyl (C=O) groups is 2. The van der Waals surface area contributed by atoms with Gasteiger partial charge in [-0.25, -0.2) is 4.39 Å². The molecule has 1 heterocycles. The molecule has 0 fully saturated rings. The van der Waals surface area contributed by atoms with Gasteiger partial charge >= 0.3 is 0 Å². The summed E-state index contributed by atoms with van der Waals surface area (Å²) in [6, 6.07) is 22.8. The van der Waals surface area contributed by atoms with Crippen molar-refractivity contribution in [2.75, 3.05) is 5.32 Å². The van der Waals surface area contributed by atoms with E-state index >= 15 is 0 Å². The van der Waals surface area contributed by atoms with Crippen molar-refractivity contribution < 1.29 is 14.0 Å². The van der Waals surface area contributed by atoms with Gasteiger partial charge in [-0.15, -0.1) is 10.2 Å². The van der Waals surface area contributed by atoms with Gasteiger partial charge in [0.05, 0.1) is 11.8 Å². The minimum absolute atomic E-state index is 0.0686. The number of benzene rings is 3. The number of thioether (sulfide) groups is 1. The lowest BCUT2D eigenvalue weighted by molar-refractivity contribution is -0.115. The van der Waals surface area contributed by atoms with Gasteiger partial charge in [0.25, 0.3) is 0 Å². The summed E-state index contributed by atoms with van der Waals surface area (Å²) in [5.41, 5.74) is 2.87. The summed E-state index contributed by atoms with van der Waals surface area (Å²) in [4.78, 5) is 24.5. The second kappa shape index (κ2) is 10.4. The Morgan fingerprint density at radius 2 is 1.74 bits per heavy atom. The third-order valence-corrected chi connectivity index (χ3v) is 6.27. The summed E-state index contributed by atoms with van der Waals surface area (Å²) in [5, 5.41) is 11.6. The van der Waals surface area contributed by atoms with Gasteiger partial charge in [0, 0.05) is 16.8 Å². The molecule has 1 amide bonds. The van der Waals surface area contributed by atoms with Crippen LogP contribution in [0.4, 0.5) is 10.1 Å². The Kier molecular flexibility index (Phi) is 7.18. The smallest absolute Gasteiger partial charge is 0.237 e. The Morgan fingerprint density at radius 1 is 1.00 bits per heavy atom. The normalized spacial score (nSPS) is 11.7. The van der Waals surface area contributed by atoms with Crippen LogP contribution in [0, 0.1) is 5.82 Å². The van der Waals surface area contributed by atoms with Gasteiger partial charge in [0.1, 0.15) is 5.82 Å². The lowest BCUT2D eigenvalue weighted by Crippen LogP contribution is -2.23. The lowest BCUT2D eigenvalue weighted by atomic mass is 10.1. The van der Waals surface area contributed by atoms with Crippen LogP contribution in [0.1, 0.15) is 29.8 Å². The van der Waals surface area contributed by atoms with E-state index in [1.165, 1.54) is 30.8 Å². The number of anilines is 1. The number of ketones is 1.